The minimum atomic E-state index is -3.74. The Hall–Kier alpha value is -2.41. The summed E-state index contributed by atoms with van der Waals surface area (Å²) in [5.41, 5.74) is 0. The highest BCUT2D eigenvalue weighted by Gasteiger charge is 2.25. The molecule has 2 aromatic rings. The standard InChI is InChI=1S/C16H15N3O2S/c17-10-4-12-19(13-5-11-18)22(20,21)16-9-3-7-14-6-1-2-8-15(14)16/h1-3,6-9H,4-5,12-13H2. The van der Waals surface area contributed by atoms with Crippen LogP contribution in [0.25, 0.3) is 10.8 Å². The van der Waals surface area contributed by atoms with Crippen LogP contribution in [-0.4, -0.2) is 25.8 Å². The maximum absolute atomic E-state index is 12.9. The Morgan fingerprint density at radius 1 is 0.909 bits per heavy atom. The first-order valence-corrected chi connectivity index (χ1v) is 8.27. The van der Waals surface area contributed by atoms with Crippen molar-refractivity contribution in [3.63, 3.8) is 0 Å². The Kier molecular flexibility index (Phi) is 5.11. The van der Waals surface area contributed by atoms with E-state index in [2.05, 4.69) is 0 Å². The zero-order valence-electron chi connectivity index (χ0n) is 11.9. The summed E-state index contributed by atoms with van der Waals surface area (Å²) >= 11 is 0. The number of hydrogen-bond acceptors (Lipinski definition) is 4. The maximum atomic E-state index is 12.9. The molecule has 2 aromatic carbocycles. The molecule has 0 radical (unpaired) electrons. The highest BCUT2D eigenvalue weighted by atomic mass is 32.2. The van der Waals surface area contributed by atoms with Crippen molar-refractivity contribution in [1.82, 2.24) is 4.31 Å². The molecular formula is C16H15N3O2S. The van der Waals surface area contributed by atoms with Gasteiger partial charge in [-0.15, -0.1) is 0 Å². The van der Waals surface area contributed by atoms with Gasteiger partial charge in [0.05, 0.1) is 17.0 Å². The zero-order valence-corrected chi connectivity index (χ0v) is 12.8. The van der Waals surface area contributed by atoms with Crippen LogP contribution >= 0.6 is 0 Å². The van der Waals surface area contributed by atoms with E-state index < -0.39 is 10.0 Å². The smallest absolute Gasteiger partial charge is 0.207 e. The van der Waals surface area contributed by atoms with Gasteiger partial charge in [0.25, 0.3) is 0 Å². The monoisotopic (exact) mass is 313 g/mol. The van der Waals surface area contributed by atoms with E-state index in [1.165, 1.54) is 4.31 Å². The normalized spacial score (nSPS) is 11.2. The molecule has 5 nitrogen and oxygen atoms in total. The van der Waals surface area contributed by atoms with Crippen molar-refractivity contribution in [2.45, 2.75) is 17.7 Å². The number of fused-ring (bicyclic) bond motifs is 1. The van der Waals surface area contributed by atoms with E-state index in [0.29, 0.717) is 5.39 Å². The molecule has 0 atom stereocenters. The average Bonchev–Trinajstić information content (AvgIpc) is 2.54. The largest absolute Gasteiger partial charge is 0.243 e. The molecule has 0 spiro atoms. The Morgan fingerprint density at radius 2 is 1.50 bits per heavy atom. The second kappa shape index (κ2) is 7.04. The van der Waals surface area contributed by atoms with Gasteiger partial charge in [0, 0.05) is 31.3 Å². The highest BCUT2D eigenvalue weighted by molar-refractivity contribution is 7.89. The van der Waals surface area contributed by atoms with Crippen LogP contribution in [0.4, 0.5) is 0 Å². The Morgan fingerprint density at radius 3 is 2.14 bits per heavy atom. The van der Waals surface area contributed by atoms with Gasteiger partial charge in [-0.1, -0.05) is 36.4 Å². The third-order valence-corrected chi connectivity index (χ3v) is 5.27. The zero-order chi connectivity index (χ0) is 16.0. The average molecular weight is 313 g/mol. The van der Waals surface area contributed by atoms with Crippen LogP contribution in [0.15, 0.2) is 47.4 Å². The SMILES string of the molecule is N#CCCN(CCC#N)S(=O)(=O)c1cccc2ccccc12. The first-order chi connectivity index (χ1) is 10.6. The molecule has 0 heterocycles. The van der Waals surface area contributed by atoms with Crippen LogP contribution in [0.5, 0.6) is 0 Å². The minimum Gasteiger partial charge on any atom is -0.207 e. The van der Waals surface area contributed by atoms with Crippen LogP contribution in [0, 0.1) is 22.7 Å². The lowest BCUT2D eigenvalue weighted by atomic mass is 10.1. The third-order valence-electron chi connectivity index (χ3n) is 3.31. The van der Waals surface area contributed by atoms with Crippen LogP contribution < -0.4 is 0 Å². The fourth-order valence-corrected chi connectivity index (χ4v) is 3.92. The van der Waals surface area contributed by atoms with E-state index in [0.717, 1.165) is 5.39 Å². The summed E-state index contributed by atoms with van der Waals surface area (Å²) in [5, 5.41) is 18.9. The van der Waals surface area contributed by atoms with Crippen molar-refractivity contribution in [3.8, 4) is 12.1 Å². The summed E-state index contributed by atoms with van der Waals surface area (Å²) in [7, 11) is -3.74. The molecule has 0 amide bonds. The first kappa shape index (κ1) is 16.0. The number of nitrogens with zero attached hydrogens (tertiary/aromatic N) is 3. The topological polar surface area (TPSA) is 85.0 Å². The fraction of sp³-hybridized carbons (Fsp3) is 0.250. The predicted octanol–water partition coefficient (Wildman–Crippen LogP) is 2.66. The molecule has 0 N–H and O–H groups in total. The third kappa shape index (κ3) is 3.25. The first-order valence-electron chi connectivity index (χ1n) is 6.83. The number of hydrogen-bond donors (Lipinski definition) is 0. The number of nitriles is 2. The number of rotatable bonds is 6. The maximum Gasteiger partial charge on any atom is 0.243 e. The Labute approximate surface area is 130 Å². The number of sulfonamides is 1. The van der Waals surface area contributed by atoms with Gasteiger partial charge >= 0.3 is 0 Å². The molecule has 112 valence electrons. The molecule has 6 heteroatoms. The molecule has 0 unspecified atom stereocenters. The van der Waals surface area contributed by atoms with Crippen molar-refractivity contribution >= 4 is 20.8 Å². The molecule has 0 saturated carbocycles. The molecule has 0 aliphatic carbocycles. The lowest BCUT2D eigenvalue weighted by Crippen LogP contribution is -2.33. The summed E-state index contributed by atoms with van der Waals surface area (Å²) < 4.78 is 26.9. The summed E-state index contributed by atoms with van der Waals surface area (Å²) in [5.74, 6) is 0. The van der Waals surface area contributed by atoms with Crippen molar-refractivity contribution < 1.29 is 8.42 Å². The molecule has 0 aliphatic heterocycles. The summed E-state index contributed by atoms with van der Waals surface area (Å²) in [6, 6.07) is 16.2. The second-order valence-electron chi connectivity index (χ2n) is 4.70. The molecule has 0 aromatic heterocycles. The molecule has 0 aliphatic rings. The Balaban J connectivity index is 2.50. The quantitative estimate of drug-likeness (QED) is 0.820. The van der Waals surface area contributed by atoms with Crippen LogP contribution in [0.1, 0.15) is 12.8 Å². The van der Waals surface area contributed by atoms with Gasteiger partial charge in [0.1, 0.15) is 0 Å². The van der Waals surface area contributed by atoms with E-state index in [1.807, 2.05) is 30.3 Å². The van der Waals surface area contributed by atoms with E-state index in [1.54, 1.807) is 24.3 Å². The number of benzene rings is 2. The van der Waals surface area contributed by atoms with Gasteiger partial charge in [-0.3, -0.25) is 0 Å². The molecule has 0 fully saturated rings. The van der Waals surface area contributed by atoms with Crippen LogP contribution in [-0.2, 0) is 10.0 Å². The van der Waals surface area contributed by atoms with E-state index in [4.69, 9.17) is 10.5 Å². The molecule has 22 heavy (non-hydrogen) atoms. The van der Waals surface area contributed by atoms with Crippen molar-refractivity contribution in [2.24, 2.45) is 0 Å². The molecule has 0 bridgehead atoms. The predicted molar refractivity (Wildman–Crippen MR) is 83.2 cm³/mol. The molecular weight excluding hydrogens is 298 g/mol. The van der Waals surface area contributed by atoms with Gasteiger partial charge in [-0.05, 0) is 11.5 Å². The van der Waals surface area contributed by atoms with Gasteiger partial charge in [0.2, 0.25) is 10.0 Å². The highest BCUT2D eigenvalue weighted by Crippen LogP contribution is 2.25. The van der Waals surface area contributed by atoms with Crippen molar-refractivity contribution in [1.29, 1.82) is 10.5 Å². The van der Waals surface area contributed by atoms with Gasteiger partial charge in [-0.25, -0.2) is 8.42 Å². The lowest BCUT2D eigenvalue weighted by Gasteiger charge is -2.21. The molecule has 2 rings (SSSR count). The summed E-state index contributed by atoms with van der Waals surface area (Å²) in [4.78, 5) is 0.210. The van der Waals surface area contributed by atoms with Crippen LogP contribution in [0.3, 0.4) is 0 Å². The molecule has 0 saturated heterocycles. The lowest BCUT2D eigenvalue weighted by molar-refractivity contribution is 0.425. The summed E-state index contributed by atoms with van der Waals surface area (Å²) in [6.07, 6.45) is 0.185. The van der Waals surface area contributed by atoms with Gasteiger partial charge < -0.3 is 0 Å². The Bertz CT molecular complexity index is 824. The van der Waals surface area contributed by atoms with Crippen molar-refractivity contribution in [2.75, 3.05) is 13.1 Å². The van der Waals surface area contributed by atoms with Gasteiger partial charge in [0.15, 0.2) is 0 Å². The van der Waals surface area contributed by atoms with E-state index in [9.17, 15) is 8.42 Å². The second-order valence-corrected chi connectivity index (χ2v) is 6.60. The van der Waals surface area contributed by atoms with Crippen LogP contribution in [0.2, 0.25) is 0 Å². The summed E-state index contributed by atoms with van der Waals surface area (Å²) in [6.45, 7) is 0.174. The van der Waals surface area contributed by atoms with Gasteiger partial charge in [-0.2, -0.15) is 14.8 Å². The minimum absolute atomic E-state index is 0.0870. The van der Waals surface area contributed by atoms with E-state index in [-0.39, 0.29) is 30.8 Å². The van der Waals surface area contributed by atoms with E-state index >= 15 is 0 Å². The van der Waals surface area contributed by atoms with Crippen molar-refractivity contribution in [3.05, 3.63) is 42.5 Å². The fourth-order valence-electron chi connectivity index (χ4n) is 2.26.